The van der Waals surface area contributed by atoms with E-state index in [1.807, 2.05) is 0 Å². The van der Waals surface area contributed by atoms with Gasteiger partial charge in [-0.3, -0.25) is 9.52 Å². The molecule has 0 amide bonds. The number of carbonyl (C=O) groups is 1. The van der Waals surface area contributed by atoms with Crippen LogP contribution in [0.2, 0.25) is 5.02 Å². The molecule has 1 rings (SSSR count). The van der Waals surface area contributed by atoms with E-state index in [1.165, 1.54) is 16.9 Å². The molecule has 0 heterocycles. The lowest BCUT2D eigenvalue weighted by molar-refractivity contribution is -0.0429. The van der Waals surface area contributed by atoms with Gasteiger partial charge in [0.05, 0.1) is 10.7 Å². The zero-order valence-corrected chi connectivity index (χ0v) is 12.9. The first kappa shape index (κ1) is 17.8. The molecule has 0 radical (unpaired) electrons. The van der Waals surface area contributed by atoms with E-state index in [0.29, 0.717) is 0 Å². The molecule has 0 fully saturated rings. The molecule has 0 aliphatic rings. The van der Waals surface area contributed by atoms with Gasteiger partial charge in [0.1, 0.15) is 0 Å². The van der Waals surface area contributed by atoms with Crippen molar-refractivity contribution in [2.24, 2.45) is 5.41 Å². The number of Topliss-reactive ketones (excluding diaryl/α,β-unsaturated/α-hetero) is 1. The van der Waals surface area contributed by atoms with Crippen LogP contribution in [0.3, 0.4) is 0 Å². The van der Waals surface area contributed by atoms with Gasteiger partial charge in [-0.05, 0) is 12.1 Å². The minimum absolute atomic E-state index is 0.0495. The summed E-state index contributed by atoms with van der Waals surface area (Å²) in [5.74, 6) is -0.416. The zero-order valence-electron chi connectivity index (χ0n) is 11.4. The van der Waals surface area contributed by atoms with Crippen molar-refractivity contribution in [3.63, 3.8) is 0 Å². The number of carbonyl (C=O) groups excluding carboxylic acids is 1. The maximum Gasteiger partial charge on any atom is 0.516 e. The van der Waals surface area contributed by atoms with E-state index in [9.17, 15) is 26.4 Å². The second-order valence-corrected chi connectivity index (χ2v) is 7.35. The molecule has 1 aromatic rings. The smallest absolute Gasteiger partial charge is 0.294 e. The quantitative estimate of drug-likeness (QED) is 0.848. The second-order valence-electron chi connectivity index (χ2n) is 5.30. The highest BCUT2D eigenvalue weighted by molar-refractivity contribution is 7.93. The van der Waals surface area contributed by atoms with Crippen molar-refractivity contribution in [2.45, 2.75) is 26.3 Å². The maximum atomic E-state index is 12.3. The van der Waals surface area contributed by atoms with Crippen LogP contribution >= 0.6 is 11.6 Å². The maximum absolute atomic E-state index is 12.3. The number of anilines is 1. The van der Waals surface area contributed by atoms with Gasteiger partial charge >= 0.3 is 15.5 Å². The minimum atomic E-state index is -5.60. The van der Waals surface area contributed by atoms with Crippen LogP contribution < -0.4 is 4.72 Å². The molecule has 21 heavy (non-hydrogen) atoms. The van der Waals surface area contributed by atoms with Crippen molar-refractivity contribution in [2.75, 3.05) is 4.72 Å². The molecular formula is C12H13ClF3NO3S. The minimum Gasteiger partial charge on any atom is -0.294 e. The van der Waals surface area contributed by atoms with Gasteiger partial charge in [-0.15, -0.1) is 0 Å². The first-order valence-electron chi connectivity index (χ1n) is 5.70. The summed E-state index contributed by atoms with van der Waals surface area (Å²) in [6.45, 7) is 4.83. The van der Waals surface area contributed by atoms with Gasteiger partial charge < -0.3 is 0 Å². The largest absolute Gasteiger partial charge is 0.516 e. The highest BCUT2D eigenvalue weighted by atomic mass is 35.5. The lowest BCUT2D eigenvalue weighted by Gasteiger charge is -2.19. The summed E-state index contributed by atoms with van der Waals surface area (Å²) in [5.41, 5.74) is -6.83. The predicted molar refractivity (Wildman–Crippen MR) is 73.8 cm³/mol. The van der Waals surface area contributed by atoms with Crippen LogP contribution in [-0.2, 0) is 10.0 Å². The van der Waals surface area contributed by atoms with Gasteiger partial charge in [-0.25, -0.2) is 0 Å². The Morgan fingerprint density at radius 2 is 1.71 bits per heavy atom. The summed E-state index contributed by atoms with van der Waals surface area (Å²) in [4.78, 5) is 12.1. The molecule has 4 nitrogen and oxygen atoms in total. The van der Waals surface area contributed by atoms with Crippen molar-refractivity contribution in [1.82, 2.24) is 0 Å². The molecular weight excluding hydrogens is 331 g/mol. The molecule has 0 spiro atoms. The molecule has 118 valence electrons. The molecule has 0 saturated heterocycles. The fraction of sp³-hybridized carbons (Fsp3) is 0.417. The summed E-state index contributed by atoms with van der Waals surface area (Å²) in [7, 11) is -5.60. The van der Waals surface area contributed by atoms with E-state index >= 15 is 0 Å². The number of hydrogen-bond donors (Lipinski definition) is 1. The van der Waals surface area contributed by atoms with E-state index in [-0.39, 0.29) is 10.6 Å². The Morgan fingerprint density at radius 1 is 1.19 bits per heavy atom. The van der Waals surface area contributed by atoms with Crippen molar-refractivity contribution in [1.29, 1.82) is 0 Å². The lowest BCUT2D eigenvalue weighted by Crippen LogP contribution is -2.30. The average Bonchev–Trinajstić information content (AvgIpc) is 2.28. The van der Waals surface area contributed by atoms with Crippen LogP contribution in [0, 0.1) is 5.41 Å². The van der Waals surface area contributed by atoms with Crippen molar-refractivity contribution >= 4 is 33.1 Å². The summed E-state index contributed by atoms with van der Waals surface area (Å²) < 4.78 is 60.5. The highest BCUT2D eigenvalue weighted by Gasteiger charge is 2.46. The average molecular weight is 344 g/mol. The topological polar surface area (TPSA) is 63.2 Å². The number of benzene rings is 1. The number of sulfonamides is 1. The number of rotatable bonds is 3. The van der Waals surface area contributed by atoms with Gasteiger partial charge in [0, 0.05) is 11.0 Å². The predicted octanol–water partition coefficient (Wildman–Crippen LogP) is 3.83. The van der Waals surface area contributed by atoms with Gasteiger partial charge in [-0.2, -0.15) is 21.6 Å². The molecule has 1 aromatic carbocycles. The summed E-state index contributed by atoms with van der Waals surface area (Å²) in [5, 5.41) is -0.370. The van der Waals surface area contributed by atoms with Gasteiger partial charge in [0.15, 0.2) is 5.78 Å². The van der Waals surface area contributed by atoms with Crippen LogP contribution in [0.1, 0.15) is 31.1 Å². The zero-order chi connectivity index (χ0) is 16.6. The summed E-state index contributed by atoms with van der Waals surface area (Å²) >= 11 is 5.85. The normalized spacial score (nSPS) is 13.1. The Balaban J connectivity index is 3.29. The lowest BCUT2D eigenvalue weighted by atomic mass is 9.86. The van der Waals surface area contributed by atoms with Crippen molar-refractivity contribution in [3.05, 3.63) is 28.8 Å². The summed E-state index contributed by atoms with van der Waals surface area (Å²) in [6, 6.07) is 3.62. The molecule has 0 unspecified atom stereocenters. The molecule has 0 aliphatic carbocycles. The Morgan fingerprint density at radius 3 is 2.14 bits per heavy atom. The number of halogens is 4. The third-order valence-corrected chi connectivity index (χ3v) is 3.98. The van der Waals surface area contributed by atoms with E-state index in [4.69, 9.17) is 11.6 Å². The molecule has 0 aromatic heterocycles. The Labute approximate surface area is 125 Å². The Kier molecular flexibility index (Phi) is 4.65. The van der Waals surface area contributed by atoms with E-state index < -0.39 is 32.4 Å². The molecule has 9 heteroatoms. The van der Waals surface area contributed by atoms with Gasteiger partial charge in [0.25, 0.3) is 0 Å². The highest BCUT2D eigenvalue weighted by Crippen LogP contribution is 2.33. The fourth-order valence-electron chi connectivity index (χ4n) is 1.39. The number of hydrogen-bond acceptors (Lipinski definition) is 3. The van der Waals surface area contributed by atoms with Crippen LogP contribution in [0.15, 0.2) is 18.2 Å². The first-order chi connectivity index (χ1) is 9.27. The second kappa shape index (κ2) is 5.49. The Bertz CT molecular complexity index is 663. The van der Waals surface area contributed by atoms with Crippen LogP contribution in [-0.4, -0.2) is 19.7 Å². The van der Waals surface area contributed by atoms with E-state index in [0.717, 1.165) is 6.07 Å². The SMILES string of the molecule is CC(C)(C)C(=O)c1cccc(NS(=O)(=O)C(F)(F)F)c1Cl. The third kappa shape index (κ3) is 3.88. The van der Waals surface area contributed by atoms with E-state index in [1.54, 1.807) is 20.8 Å². The summed E-state index contributed by atoms with van der Waals surface area (Å²) in [6.07, 6.45) is 0. The van der Waals surface area contributed by atoms with E-state index in [2.05, 4.69) is 0 Å². The third-order valence-electron chi connectivity index (χ3n) is 2.47. The van der Waals surface area contributed by atoms with Gasteiger partial charge in [0.2, 0.25) is 0 Å². The number of ketones is 1. The number of alkyl halides is 3. The Hall–Kier alpha value is -1.28. The van der Waals surface area contributed by atoms with Crippen molar-refractivity contribution < 1.29 is 26.4 Å². The molecule has 0 aliphatic heterocycles. The molecule has 1 N–H and O–H groups in total. The van der Waals surface area contributed by atoms with Crippen LogP contribution in [0.4, 0.5) is 18.9 Å². The monoisotopic (exact) mass is 343 g/mol. The van der Waals surface area contributed by atoms with Crippen LogP contribution in [0.25, 0.3) is 0 Å². The molecule has 0 saturated carbocycles. The van der Waals surface area contributed by atoms with Crippen molar-refractivity contribution in [3.8, 4) is 0 Å². The standard InChI is InChI=1S/C12H13ClF3NO3S/c1-11(2,3)10(18)7-5-4-6-8(9(7)13)17-21(19,20)12(14,15)16/h4-6,17H,1-3H3. The number of nitrogens with one attached hydrogen (secondary N) is 1. The fourth-order valence-corrected chi connectivity index (χ4v) is 2.28. The molecule has 0 bridgehead atoms. The van der Waals surface area contributed by atoms with Crippen LogP contribution in [0.5, 0.6) is 0 Å². The van der Waals surface area contributed by atoms with Gasteiger partial charge in [-0.1, -0.05) is 38.4 Å². The molecule has 0 atom stereocenters. The first-order valence-corrected chi connectivity index (χ1v) is 7.56.